The van der Waals surface area contributed by atoms with E-state index in [1.54, 1.807) is 24.8 Å². The van der Waals surface area contributed by atoms with Crippen molar-refractivity contribution in [3.05, 3.63) is 71.7 Å². The number of para-hydroxylation sites is 1. The lowest BCUT2D eigenvalue weighted by Gasteiger charge is -2.21. The van der Waals surface area contributed by atoms with Gasteiger partial charge in [0.15, 0.2) is 0 Å². The minimum atomic E-state index is -0.281. The molecule has 4 rings (SSSR count). The third-order valence-corrected chi connectivity index (χ3v) is 5.35. The molecule has 1 aliphatic heterocycles. The molecule has 0 saturated carbocycles. The van der Waals surface area contributed by atoms with E-state index in [1.165, 1.54) is 16.1 Å². The number of anilines is 2. The Morgan fingerprint density at radius 2 is 1.92 bits per heavy atom. The van der Waals surface area contributed by atoms with Crippen LogP contribution in [0.5, 0.6) is 0 Å². The number of hydrogen-bond donors (Lipinski definition) is 2. The number of carbonyl (C=O) groups is 1. The lowest BCUT2D eigenvalue weighted by atomic mass is 10.1. The molecule has 0 bridgehead atoms. The number of furan rings is 1. The predicted molar refractivity (Wildman–Crippen MR) is 103 cm³/mol. The zero-order valence-corrected chi connectivity index (χ0v) is 15.2. The van der Waals surface area contributed by atoms with Gasteiger partial charge in [0.25, 0.3) is 5.91 Å². The SMILES string of the molecule is C/C(=N/NC(=O)c1ccoc1C)c1ccc2c(c1)Nc1ccccc1S2. The quantitative estimate of drug-likeness (QED) is 0.399. The van der Waals surface area contributed by atoms with Crippen LogP contribution in [-0.4, -0.2) is 11.6 Å². The summed E-state index contributed by atoms with van der Waals surface area (Å²) in [5, 5.41) is 7.68. The summed E-state index contributed by atoms with van der Waals surface area (Å²) in [5.74, 6) is 0.292. The maximum Gasteiger partial charge on any atom is 0.274 e. The Balaban J connectivity index is 1.54. The van der Waals surface area contributed by atoms with E-state index in [0.29, 0.717) is 11.3 Å². The molecule has 2 N–H and O–H groups in total. The number of nitrogens with one attached hydrogen (secondary N) is 2. The van der Waals surface area contributed by atoms with Gasteiger partial charge in [0.1, 0.15) is 5.76 Å². The van der Waals surface area contributed by atoms with Crippen LogP contribution in [0.1, 0.15) is 28.6 Å². The second-order valence-electron chi connectivity index (χ2n) is 5.96. The number of benzene rings is 2. The van der Waals surface area contributed by atoms with Crippen LogP contribution in [-0.2, 0) is 0 Å². The molecule has 1 aliphatic rings. The minimum absolute atomic E-state index is 0.281. The van der Waals surface area contributed by atoms with Gasteiger partial charge in [-0.25, -0.2) is 5.43 Å². The van der Waals surface area contributed by atoms with Crippen molar-refractivity contribution < 1.29 is 9.21 Å². The summed E-state index contributed by atoms with van der Waals surface area (Å²) in [6.45, 7) is 3.62. The first kappa shape index (κ1) is 16.5. The van der Waals surface area contributed by atoms with Gasteiger partial charge in [-0.3, -0.25) is 4.79 Å². The summed E-state index contributed by atoms with van der Waals surface area (Å²) in [7, 11) is 0. The highest BCUT2D eigenvalue weighted by molar-refractivity contribution is 7.99. The third kappa shape index (κ3) is 3.11. The third-order valence-electron chi connectivity index (χ3n) is 4.20. The molecule has 0 spiro atoms. The van der Waals surface area contributed by atoms with Crippen LogP contribution in [0.3, 0.4) is 0 Å². The fourth-order valence-electron chi connectivity index (χ4n) is 2.74. The van der Waals surface area contributed by atoms with E-state index in [2.05, 4.69) is 34.0 Å². The fraction of sp³-hybridized carbons (Fsp3) is 0.100. The molecule has 2 heterocycles. The molecule has 1 aromatic heterocycles. The second-order valence-corrected chi connectivity index (χ2v) is 7.05. The van der Waals surface area contributed by atoms with Gasteiger partial charge >= 0.3 is 0 Å². The van der Waals surface area contributed by atoms with Crippen LogP contribution in [0.4, 0.5) is 11.4 Å². The van der Waals surface area contributed by atoms with Gasteiger partial charge in [-0.15, -0.1) is 0 Å². The molecule has 0 radical (unpaired) electrons. The zero-order chi connectivity index (χ0) is 18.1. The molecule has 0 unspecified atom stereocenters. The molecular weight excluding hydrogens is 346 g/mol. The van der Waals surface area contributed by atoms with Crippen molar-refractivity contribution in [1.82, 2.24) is 5.43 Å². The van der Waals surface area contributed by atoms with Crippen LogP contribution in [0, 0.1) is 6.92 Å². The fourth-order valence-corrected chi connectivity index (χ4v) is 3.71. The molecule has 0 aliphatic carbocycles. The van der Waals surface area contributed by atoms with Crippen molar-refractivity contribution in [2.75, 3.05) is 5.32 Å². The van der Waals surface area contributed by atoms with Crippen molar-refractivity contribution in [2.45, 2.75) is 23.6 Å². The number of aryl methyl sites for hydroxylation is 1. The van der Waals surface area contributed by atoms with Crippen LogP contribution >= 0.6 is 11.8 Å². The zero-order valence-electron chi connectivity index (χ0n) is 14.4. The normalized spacial score (nSPS) is 12.8. The lowest BCUT2D eigenvalue weighted by Crippen LogP contribution is -2.19. The highest BCUT2D eigenvalue weighted by atomic mass is 32.2. The second kappa shape index (κ2) is 6.72. The molecule has 130 valence electrons. The molecule has 1 amide bonds. The van der Waals surface area contributed by atoms with Gasteiger partial charge < -0.3 is 9.73 Å². The standard InChI is InChI=1S/C20H17N3O2S/c1-12(22-23-20(24)15-9-10-25-13(15)2)14-7-8-19-17(11-14)21-16-5-3-4-6-18(16)26-19/h3-11,21H,1-2H3,(H,23,24)/b22-12-. The monoisotopic (exact) mass is 363 g/mol. The molecule has 2 aromatic carbocycles. The molecule has 3 aromatic rings. The van der Waals surface area contributed by atoms with Gasteiger partial charge in [-0.1, -0.05) is 30.0 Å². The first-order chi connectivity index (χ1) is 12.6. The number of hydrogen-bond acceptors (Lipinski definition) is 5. The molecular formula is C20H17N3O2S. The van der Waals surface area contributed by atoms with Gasteiger partial charge in [0.2, 0.25) is 0 Å². The summed E-state index contributed by atoms with van der Waals surface area (Å²) in [4.78, 5) is 14.5. The lowest BCUT2D eigenvalue weighted by molar-refractivity contribution is 0.0953. The molecule has 0 saturated heterocycles. The van der Waals surface area contributed by atoms with Crippen LogP contribution in [0.2, 0.25) is 0 Å². The highest BCUT2D eigenvalue weighted by Gasteiger charge is 2.16. The van der Waals surface area contributed by atoms with Crippen molar-refractivity contribution in [3.8, 4) is 0 Å². The Morgan fingerprint density at radius 1 is 1.12 bits per heavy atom. The van der Waals surface area contributed by atoms with Gasteiger partial charge in [-0.2, -0.15) is 5.10 Å². The predicted octanol–water partition coefficient (Wildman–Crippen LogP) is 4.95. The van der Waals surface area contributed by atoms with Gasteiger partial charge in [0.05, 0.1) is 28.9 Å². The van der Waals surface area contributed by atoms with Crippen LogP contribution in [0.15, 0.2) is 74.1 Å². The van der Waals surface area contributed by atoms with Crippen molar-refractivity contribution in [1.29, 1.82) is 0 Å². The average molecular weight is 363 g/mol. The maximum absolute atomic E-state index is 12.1. The van der Waals surface area contributed by atoms with Gasteiger partial charge in [0, 0.05) is 9.79 Å². The maximum atomic E-state index is 12.1. The van der Waals surface area contributed by atoms with E-state index in [-0.39, 0.29) is 5.91 Å². The summed E-state index contributed by atoms with van der Waals surface area (Å²) in [6, 6.07) is 16.0. The van der Waals surface area contributed by atoms with Crippen molar-refractivity contribution >= 4 is 34.8 Å². The number of carbonyl (C=O) groups excluding carboxylic acids is 1. The van der Waals surface area contributed by atoms with E-state index >= 15 is 0 Å². The Bertz CT molecular complexity index is 1020. The Labute approximate surface area is 155 Å². The van der Waals surface area contributed by atoms with Crippen LogP contribution in [0.25, 0.3) is 0 Å². The molecule has 5 nitrogen and oxygen atoms in total. The van der Waals surface area contributed by atoms with E-state index < -0.39 is 0 Å². The van der Waals surface area contributed by atoms with Crippen molar-refractivity contribution in [3.63, 3.8) is 0 Å². The average Bonchev–Trinajstić information content (AvgIpc) is 3.09. The smallest absolute Gasteiger partial charge is 0.274 e. The van der Waals surface area contributed by atoms with E-state index in [4.69, 9.17) is 4.42 Å². The summed E-state index contributed by atoms with van der Waals surface area (Å²) < 4.78 is 5.15. The van der Waals surface area contributed by atoms with Crippen molar-refractivity contribution in [2.24, 2.45) is 5.10 Å². The molecule has 6 heteroatoms. The first-order valence-electron chi connectivity index (χ1n) is 8.19. The highest BCUT2D eigenvalue weighted by Crippen LogP contribution is 2.44. The van der Waals surface area contributed by atoms with E-state index in [9.17, 15) is 4.79 Å². The topological polar surface area (TPSA) is 66.6 Å². The number of nitrogens with zero attached hydrogens (tertiary/aromatic N) is 1. The number of fused-ring (bicyclic) bond motifs is 2. The molecule has 0 fully saturated rings. The first-order valence-corrected chi connectivity index (χ1v) is 9.00. The Morgan fingerprint density at radius 3 is 2.73 bits per heavy atom. The number of rotatable bonds is 3. The van der Waals surface area contributed by atoms with Crippen LogP contribution < -0.4 is 10.7 Å². The minimum Gasteiger partial charge on any atom is -0.469 e. The Hall–Kier alpha value is -2.99. The molecule has 26 heavy (non-hydrogen) atoms. The largest absolute Gasteiger partial charge is 0.469 e. The summed E-state index contributed by atoms with van der Waals surface area (Å²) in [6.07, 6.45) is 1.49. The summed E-state index contributed by atoms with van der Waals surface area (Å²) >= 11 is 1.74. The number of hydrazone groups is 1. The number of amides is 1. The Kier molecular flexibility index (Phi) is 4.26. The van der Waals surface area contributed by atoms with E-state index in [0.717, 1.165) is 22.6 Å². The molecule has 0 atom stereocenters. The van der Waals surface area contributed by atoms with E-state index in [1.807, 2.05) is 31.2 Å². The van der Waals surface area contributed by atoms with Gasteiger partial charge in [-0.05, 0) is 49.7 Å². The summed E-state index contributed by atoms with van der Waals surface area (Å²) in [5.41, 5.74) is 6.88.